The number of carbonyl (C=O) groups excluding carboxylic acids is 1. The molecule has 3 nitrogen and oxygen atoms in total. The summed E-state index contributed by atoms with van der Waals surface area (Å²) in [5.41, 5.74) is 2.62. The molecule has 0 atom stereocenters. The molecule has 0 bridgehead atoms. The molecule has 0 fully saturated rings. The summed E-state index contributed by atoms with van der Waals surface area (Å²) in [5, 5.41) is 2.94. The zero-order valence-corrected chi connectivity index (χ0v) is 11.8. The van der Waals surface area contributed by atoms with Crippen LogP contribution >= 0.6 is 12.4 Å². The number of hydrogen-bond acceptors (Lipinski definition) is 2. The fourth-order valence-electron chi connectivity index (χ4n) is 1.81. The predicted octanol–water partition coefficient (Wildman–Crippen LogP) is 3.88. The van der Waals surface area contributed by atoms with Gasteiger partial charge in [-0.2, -0.15) is 0 Å². The fraction of sp³-hybridized carbons (Fsp3) is 0.200. The topological polar surface area (TPSA) is 42.0 Å². The molecule has 1 aromatic heterocycles. The summed E-state index contributed by atoms with van der Waals surface area (Å²) in [7, 11) is 0. The first-order valence-electron chi connectivity index (χ1n) is 5.99. The van der Waals surface area contributed by atoms with Crippen molar-refractivity contribution in [3.8, 4) is 0 Å². The molecule has 0 aliphatic heterocycles. The van der Waals surface area contributed by atoms with Crippen LogP contribution in [0.3, 0.4) is 0 Å². The lowest BCUT2D eigenvalue weighted by molar-refractivity contribution is 0.102. The first kappa shape index (κ1) is 15.2. The van der Waals surface area contributed by atoms with Crippen LogP contribution in [0, 0.1) is 0 Å². The van der Waals surface area contributed by atoms with Crippen molar-refractivity contribution >= 4 is 24.0 Å². The summed E-state index contributed by atoms with van der Waals surface area (Å²) in [6.45, 7) is 4.22. The maximum absolute atomic E-state index is 12.1. The summed E-state index contributed by atoms with van der Waals surface area (Å²) in [6, 6.07) is 11.3. The maximum atomic E-state index is 12.1. The Labute approximate surface area is 119 Å². The molecule has 0 aliphatic rings. The van der Waals surface area contributed by atoms with E-state index in [9.17, 15) is 4.79 Å². The van der Waals surface area contributed by atoms with E-state index in [1.165, 1.54) is 0 Å². The second kappa shape index (κ2) is 6.90. The molecule has 0 unspecified atom stereocenters. The Morgan fingerprint density at radius 2 is 1.74 bits per heavy atom. The standard InChI is InChI=1S/C15H16N2O.ClH/c1-11(2)13-5-3-4-6-14(13)17-15(18)12-7-9-16-10-8-12;/h3-11H,1-2H3,(H,17,18);1H. The molecule has 1 amide bonds. The largest absolute Gasteiger partial charge is 0.322 e. The lowest BCUT2D eigenvalue weighted by Gasteiger charge is -2.13. The quantitative estimate of drug-likeness (QED) is 0.924. The highest BCUT2D eigenvalue weighted by atomic mass is 35.5. The van der Waals surface area contributed by atoms with Gasteiger partial charge in [-0.05, 0) is 29.7 Å². The van der Waals surface area contributed by atoms with Crippen LogP contribution in [0.5, 0.6) is 0 Å². The van der Waals surface area contributed by atoms with E-state index in [0.717, 1.165) is 11.3 Å². The number of carbonyl (C=O) groups is 1. The number of para-hydroxylation sites is 1. The third-order valence-electron chi connectivity index (χ3n) is 2.77. The van der Waals surface area contributed by atoms with Crippen LogP contribution in [-0.4, -0.2) is 10.9 Å². The van der Waals surface area contributed by atoms with E-state index in [4.69, 9.17) is 0 Å². The lowest BCUT2D eigenvalue weighted by Crippen LogP contribution is -2.13. The molecule has 2 rings (SSSR count). The summed E-state index contributed by atoms with van der Waals surface area (Å²) >= 11 is 0. The van der Waals surface area contributed by atoms with Gasteiger partial charge in [-0.3, -0.25) is 9.78 Å². The Morgan fingerprint density at radius 3 is 2.37 bits per heavy atom. The Hall–Kier alpha value is -1.87. The van der Waals surface area contributed by atoms with Gasteiger partial charge in [0.15, 0.2) is 0 Å². The molecule has 1 aromatic carbocycles. The van der Waals surface area contributed by atoms with Gasteiger partial charge in [0.25, 0.3) is 5.91 Å². The Kier molecular flexibility index (Phi) is 5.52. The van der Waals surface area contributed by atoms with Crippen molar-refractivity contribution < 1.29 is 4.79 Å². The van der Waals surface area contributed by atoms with Gasteiger partial charge in [-0.25, -0.2) is 0 Å². The van der Waals surface area contributed by atoms with Gasteiger partial charge >= 0.3 is 0 Å². The highest BCUT2D eigenvalue weighted by Crippen LogP contribution is 2.24. The number of nitrogens with one attached hydrogen (secondary N) is 1. The van der Waals surface area contributed by atoms with E-state index in [1.807, 2.05) is 24.3 Å². The van der Waals surface area contributed by atoms with Crippen LogP contribution in [0.1, 0.15) is 35.7 Å². The maximum Gasteiger partial charge on any atom is 0.255 e. The van der Waals surface area contributed by atoms with Crippen LogP contribution in [0.15, 0.2) is 48.8 Å². The Bertz CT molecular complexity index is 541. The van der Waals surface area contributed by atoms with Crippen molar-refractivity contribution in [2.75, 3.05) is 5.32 Å². The first-order chi connectivity index (χ1) is 8.68. The van der Waals surface area contributed by atoms with Gasteiger partial charge in [-0.1, -0.05) is 32.0 Å². The summed E-state index contributed by atoms with van der Waals surface area (Å²) in [6.07, 6.45) is 3.23. The molecule has 1 N–H and O–H groups in total. The molecular formula is C15H17ClN2O. The number of nitrogens with zero attached hydrogens (tertiary/aromatic N) is 1. The number of aromatic nitrogens is 1. The molecule has 0 radical (unpaired) electrons. The van der Waals surface area contributed by atoms with Gasteiger partial charge in [0.1, 0.15) is 0 Å². The van der Waals surface area contributed by atoms with Crippen LogP contribution in [0.4, 0.5) is 5.69 Å². The molecular weight excluding hydrogens is 260 g/mol. The zero-order chi connectivity index (χ0) is 13.0. The van der Waals surface area contributed by atoms with Crippen molar-refractivity contribution in [1.82, 2.24) is 4.98 Å². The smallest absolute Gasteiger partial charge is 0.255 e. The third-order valence-corrected chi connectivity index (χ3v) is 2.77. The monoisotopic (exact) mass is 276 g/mol. The van der Waals surface area contributed by atoms with Crippen LogP contribution < -0.4 is 5.32 Å². The van der Waals surface area contributed by atoms with Crippen molar-refractivity contribution in [3.63, 3.8) is 0 Å². The van der Waals surface area contributed by atoms with E-state index in [-0.39, 0.29) is 18.3 Å². The second-order valence-electron chi connectivity index (χ2n) is 4.43. The molecule has 2 aromatic rings. The van der Waals surface area contributed by atoms with E-state index < -0.39 is 0 Å². The zero-order valence-electron chi connectivity index (χ0n) is 11.0. The Morgan fingerprint density at radius 1 is 1.11 bits per heavy atom. The molecule has 1 heterocycles. The van der Waals surface area contributed by atoms with E-state index >= 15 is 0 Å². The number of rotatable bonds is 3. The van der Waals surface area contributed by atoms with E-state index in [1.54, 1.807) is 24.5 Å². The number of amides is 1. The van der Waals surface area contributed by atoms with Crippen molar-refractivity contribution in [2.24, 2.45) is 0 Å². The average molecular weight is 277 g/mol. The Balaban J connectivity index is 0.00000180. The predicted molar refractivity (Wildman–Crippen MR) is 80.0 cm³/mol. The number of benzene rings is 1. The second-order valence-corrected chi connectivity index (χ2v) is 4.43. The van der Waals surface area contributed by atoms with Gasteiger partial charge in [-0.15, -0.1) is 12.4 Å². The molecule has 19 heavy (non-hydrogen) atoms. The normalized spacial score (nSPS) is 9.84. The van der Waals surface area contributed by atoms with E-state index in [2.05, 4.69) is 24.1 Å². The molecule has 100 valence electrons. The SMILES string of the molecule is CC(C)c1ccccc1NC(=O)c1ccncc1.Cl. The van der Waals surface area contributed by atoms with Gasteiger partial charge in [0.2, 0.25) is 0 Å². The number of hydrogen-bond donors (Lipinski definition) is 1. The third kappa shape index (κ3) is 3.80. The van der Waals surface area contributed by atoms with Crippen molar-refractivity contribution in [1.29, 1.82) is 0 Å². The lowest BCUT2D eigenvalue weighted by atomic mass is 10.0. The van der Waals surface area contributed by atoms with E-state index in [0.29, 0.717) is 11.5 Å². The molecule has 4 heteroatoms. The molecule has 0 saturated heterocycles. The van der Waals surface area contributed by atoms with Gasteiger partial charge in [0.05, 0.1) is 0 Å². The van der Waals surface area contributed by atoms with Crippen LogP contribution in [0.2, 0.25) is 0 Å². The van der Waals surface area contributed by atoms with Crippen molar-refractivity contribution in [2.45, 2.75) is 19.8 Å². The fourth-order valence-corrected chi connectivity index (χ4v) is 1.81. The van der Waals surface area contributed by atoms with Crippen LogP contribution in [-0.2, 0) is 0 Å². The number of pyridine rings is 1. The summed E-state index contributed by atoms with van der Waals surface area (Å²) < 4.78 is 0. The van der Waals surface area contributed by atoms with Crippen LogP contribution in [0.25, 0.3) is 0 Å². The first-order valence-corrected chi connectivity index (χ1v) is 5.99. The summed E-state index contributed by atoms with van der Waals surface area (Å²) in [4.78, 5) is 16.0. The summed E-state index contributed by atoms with van der Waals surface area (Å²) in [5.74, 6) is 0.268. The minimum absolute atomic E-state index is 0. The minimum Gasteiger partial charge on any atom is -0.322 e. The molecule has 0 saturated carbocycles. The molecule has 0 aliphatic carbocycles. The number of halogens is 1. The average Bonchev–Trinajstić information content (AvgIpc) is 2.40. The highest BCUT2D eigenvalue weighted by molar-refractivity contribution is 6.04. The number of anilines is 1. The highest BCUT2D eigenvalue weighted by Gasteiger charge is 2.10. The minimum atomic E-state index is -0.106. The molecule has 0 spiro atoms. The van der Waals surface area contributed by atoms with Crippen molar-refractivity contribution in [3.05, 3.63) is 59.9 Å². The van der Waals surface area contributed by atoms with Gasteiger partial charge in [0, 0.05) is 23.6 Å². The van der Waals surface area contributed by atoms with Gasteiger partial charge < -0.3 is 5.32 Å².